The topological polar surface area (TPSA) is 181 Å². The average molecular weight is 1470 g/mol. The van der Waals surface area contributed by atoms with Crippen molar-refractivity contribution in [2.75, 3.05) is 39.4 Å². The van der Waals surface area contributed by atoms with Gasteiger partial charge in [-0.3, -0.25) is 0 Å². The number of rotatable bonds is 32. The standard InChI is InChI=1S/C40H57F3N6O3Si.C37H53F3N6O3Si/c1-26(2)47(16-9-8-10-35-46-31-14-13-29(40(41,42)43)22-33(31)49(35)25-50-18-19-53(5,6)7)23-28-21-34(37-36(28)51-39(3,4)52-37)48-17-15-30-32(20-27-11-12-27)44-24-45-38(30)48;1-24(2)44(21-26-19-32(35(48)34(26)47)45-15-13-28-30(18-25-9-10-25)41-22-42-36(28)45)14-7-6-8-33-43-29-12-11-27(37(38,39)40)20-31(29)46(33)23-49-16-17-50(3,4)5/h13-15,17,22,24,26-28,34,36-37H,8-12,16,18-21,23,25H2,1-7H3;11-13,15,20,22,24-26,32,34-35,47-48H,6-10,14,16-19,21,23H2,1-5H3/t28?,34?,36-,37?;26?,32?,34-,35?/m11/s1. The Hall–Kier alpha value is -5.69. The van der Waals surface area contributed by atoms with Crippen LogP contribution in [0.15, 0.2) is 73.6 Å². The van der Waals surface area contributed by atoms with E-state index in [2.05, 4.69) is 109 Å². The zero-order valence-corrected chi connectivity index (χ0v) is 64.5. The van der Waals surface area contributed by atoms with Crippen LogP contribution in [-0.2, 0) is 70.4 Å². The Labute approximate surface area is 604 Å². The van der Waals surface area contributed by atoms with Gasteiger partial charge in [-0.15, -0.1) is 0 Å². The van der Waals surface area contributed by atoms with E-state index in [4.69, 9.17) is 33.9 Å². The SMILES string of the molecule is CC(C)N(CCCCc1nc2ccc(C(F)(F)F)cc2n1COCC[Si](C)(C)C)CC1CC(n2ccc3c(CC4CC4)ncnc32)C(O)[C@@H]1O.CC(C)N(CCCCc1nc2ccc(C(F)(F)F)cc2n1COCC[Si](C)(C)C)CC1CC(n2ccc3c(CC4CC4)ncnc32)C2OC(C)(C)O[C@H]12. The minimum Gasteiger partial charge on any atom is -0.390 e. The van der Waals surface area contributed by atoms with Gasteiger partial charge >= 0.3 is 12.4 Å². The third-order valence-corrected chi connectivity index (χ3v) is 25.3. The maximum Gasteiger partial charge on any atom is 0.416 e. The van der Waals surface area contributed by atoms with E-state index in [0.717, 1.165) is 140 Å². The largest absolute Gasteiger partial charge is 0.416 e. The minimum absolute atomic E-state index is 0.0242. The summed E-state index contributed by atoms with van der Waals surface area (Å²) in [5.74, 6) is 2.46. The van der Waals surface area contributed by atoms with Gasteiger partial charge < -0.3 is 57.2 Å². The van der Waals surface area contributed by atoms with Crippen molar-refractivity contribution >= 4 is 60.3 Å². The molecule has 103 heavy (non-hydrogen) atoms. The molecular formula is C77H110F6N12O6Si2. The molecule has 2 aromatic carbocycles. The monoisotopic (exact) mass is 1470 g/mol. The number of fused-ring (bicyclic) bond motifs is 5. The van der Waals surface area contributed by atoms with Crippen LogP contribution in [0.2, 0.25) is 51.4 Å². The molecule has 0 amide bonds. The maximum atomic E-state index is 13.7. The Kier molecular flexibility index (Phi) is 23.6. The highest BCUT2D eigenvalue weighted by Gasteiger charge is 2.55. The van der Waals surface area contributed by atoms with E-state index in [9.17, 15) is 36.6 Å². The second-order valence-electron chi connectivity index (χ2n) is 33.6. The summed E-state index contributed by atoms with van der Waals surface area (Å²) < 4.78 is 115. The number of aromatic nitrogens is 10. The van der Waals surface area contributed by atoms with Crippen LogP contribution in [0.25, 0.3) is 44.1 Å². The first-order valence-electron chi connectivity index (χ1n) is 37.8. The van der Waals surface area contributed by atoms with E-state index < -0.39 is 57.6 Å². The van der Waals surface area contributed by atoms with Gasteiger partial charge in [-0.1, -0.05) is 39.3 Å². The van der Waals surface area contributed by atoms with Gasteiger partial charge in [0.1, 0.15) is 61.3 Å². The lowest BCUT2D eigenvalue weighted by Gasteiger charge is -2.31. The molecule has 0 radical (unpaired) electrons. The Morgan fingerprint density at radius 2 is 1.01 bits per heavy atom. The Bertz CT molecular complexity index is 4150. The summed E-state index contributed by atoms with van der Waals surface area (Å²) in [6.45, 7) is 31.2. The number of hydrogen-bond donors (Lipinski definition) is 2. The van der Waals surface area contributed by atoms with Crippen LogP contribution in [0.3, 0.4) is 0 Å². The minimum atomic E-state index is -4.44. The first-order valence-corrected chi connectivity index (χ1v) is 45.3. The highest BCUT2D eigenvalue weighted by Crippen LogP contribution is 2.49. The van der Waals surface area contributed by atoms with Crippen molar-refractivity contribution in [1.29, 1.82) is 0 Å². The number of aliphatic hydroxyl groups excluding tert-OH is 2. The number of imidazole rings is 2. The molecule has 6 unspecified atom stereocenters. The number of unbranched alkanes of at least 4 members (excludes halogenated alkanes) is 2. The summed E-state index contributed by atoms with van der Waals surface area (Å²) in [5, 5.41) is 24.6. The molecule has 4 saturated carbocycles. The summed E-state index contributed by atoms with van der Waals surface area (Å²) in [5.41, 5.74) is 4.67. The van der Waals surface area contributed by atoms with Gasteiger partial charge in [0.2, 0.25) is 0 Å². The fourth-order valence-electron chi connectivity index (χ4n) is 15.5. The molecular weight excluding hydrogens is 1360 g/mol. The van der Waals surface area contributed by atoms with Crippen LogP contribution in [0.1, 0.15) is 152 Å². The predicted octanol–water partition coefficient (Wildman–Crippen LogP) is 16.0. The van der Waals surface area contributed by atoms with E-state index in [1.807, 2.05) is 35.2 Å². The molecule has 18 nitrogen and oxygen atoms in total. The van der Waals surface area contributed by atoms with Crippen LogP contribution in [0.5, 0.6) is 0 Å². The molecule has 6 aromatic heterocycles. The van der Waals surface area contributed by atoms with Crippen molar-refractivity contribution in [3.63, 3.8) is 0 Å². The van der Waals surface area contributed by atoms with Gasteiger partial charge in [0, 0.05) is 102 Å². The van der Waals surface area contributed by atoms with E-state index in [1.165, 1.54) is 49.9 Å². The van der Waals surface area contributed by atoms with E-state index in [0.29, 0.717) is 73.0 Å². The lowest BCUT2D eigenvalue weighted by Crippen LogP contribution is -2.40. The number of aryl methyl sites for hydroxylation is 2. The van der Waals surface area contributed by atoms with Gasteiger partial charge in [0.15, 0.2) is 5.79 Å². The molecule has 1 aliphatic heterocycles. The van der Waals surface area contributed by atoms with Crippen molar-refractivity contribution in [1.82, 2.24) is 58.0 Å². The Morgan fingerprint density at radius 3 is 1.45 bits per heavy atom. The highest BCUT2D eigenvalue weighted by atomic mass is 28.3. The second-order valence-corrected chi connectivity index (χ2v) is 44.9. The molecule has 1 saturated heterocycles. The number of ether oxygens (including phenoxy) is 4. The lowest BCUT2D eigenvalue weighted by molar-refractivity contribution is -0.161. The smallest absolute Gasteiger partial charge is 0.390 e. The van der Waals surface area contributed by atoms with Crippen LogP contribution in [0.4, 0.5) is 26.3 Å². The summed E-state index contributed by atoms with van der Waals surface area (Å²) in [7, 11) is -2.64. The van der Waals surface area contributed by atoms with Gasteiger partial charge in [-0.2, -0.15) is 26.3 Å². The Balaban J connectivity index is 0.000000194. The zero-order valence-electron chi connectivity index (χ0n) is 62.5. The summed E-state index contributed by atoms with van der Waals surface area (Å²) >= 11 is 0. The number of benzene rings is 2. The van der Waals surface area contributed by atoms with Crippen LogP contribution in [0, 0.1) is 23.7 Å². The molecule has 4 aliphatic carbocycles. The fraction of sp³-hybridized carbons (Fsp3) is 0.662. The van der Waals surface area contributed by atoms with E-state index in [-0.39, 0.29) is 55.6 Å². The molecule has 5 fully saturated rings. The summed E-state index contributed by atoms with van der Waals surface area (Å²) in [6.07, 6.45) is 10.1. The fourth-order valence-corrected chi connectivity index (χ4v) is 17.0. The molecule has 564 valence electrons. The molecule has 0 bridgehead atoms. The van der Waals surface area contributed by atoms with Gasteiger partial charge in [-0.05, 0) is 204 Å². The molecule has 8 aromatic rings. The van der Waals surface area contributed by atoms with Gasteiger partial charge in [0.05, 0.1) is 68.9 Å². The molecule has 7 heterocycles. The summed E-state index contributed by atoms with van der Waals surface area (Å²) in [4.78, 5) is 33.0. The zero-order chi connectivity index (χ0) is 73.5. The highest BCUT2D eigenvalue weighted by molar-refractivity contribution is 6.76. The average Bonchev–Trinajstić information content (AvgIpc) is 1.59. The third-order valence-electron chi connectivity index (χ3n) is 21.9. The van der Waals surface area contributed by atoms with Gasteiger partial charge in [0.25, 0.3) is 0 Å². The molecule has 2 N–H and O–H groups in total. The second kappa shape index (κ2) is 31.6. The maximum absolute atomic E-state index is 13.7. The molecule has 0 spiro atoms. The molecule has 13 rings (SSSR count). The Morgan fingerprint density at radius 1 is 0.573 bits per heavy atom. The van der Waals surface area contributed by atoms with Crippen LogP contribution < -0.4 is 0 Å². The summed E-state index contributed by atoms with van der Waals surface area (Å²) in [6, 6.07) is 14.1. The quantitative estimate of drug-likeness (QED) is 0.0231. The van der Waals surface area contributed by atoms with Crippen molar-refractivity contribution < 1.29 is 55.5 Å². The normalized spacial score (nSPS) is 22.6. The van der Waals surface area contributed by atoms with Gasteiger partial charge in [-0.25, -0.2) is 29.9 Å². The predicted molar refractivity (Wildman–Crippen MR) is 395 cm³/mol. The van der Waals surface area contributed by atoms with Crippen molar-refractivity contribution in [3.8, 4) is 0 Å². The first kappa shape index (κ1) is 76.9. The van der Waals surface area contributed by atoms with Crippen LogP contribution >= 0.6 is 0 Å². The molecule has 8 atom stereocenters. The third kappa shape index (κ3) is 19.0. The van der Waals surface area contributed by atoms with E-state index >= 15 is 0 Å². The number of hydrogen-bond acceptors (Lipinski definition) is 14. The number of aliphatic hydroxyl groups is 2. The lowest BCUT2D eigenvalue weighted by atomic mass is 10.0. The van der Waals surface area contributed by atoms with Crippen LogP contribution in [-0.4, -0.2) is 166 Å². The first-order chi connectivity index (χ1) is 48.8. The molecule has 5 aliphatic rings. The van der Waals surface area contributed by atoms with Crippen molar-refractivity contribution in [2.45, 2.75) is 263 Å². The molecule has 26 heteroatoms. The number of halogens is 6. The number of alkyl halides is 6. The van der Waals surface area contributed by atoms with Crippen molar-refractivity contribution in [2.24, 2.45) is 23.7 Å². The van der Waals surface area contributed by atoms with Crippen molar-refractivity contribution in [3.05, 3.63) is 108 Å². The number of nitrogens with zero attached hydrogens (tertiary/aromatic N) is 12. The van der Waals surface area contributed by atoms with E-state index in [1.54, 1.807) is 17.2 Å².